The van der Waals surface area contributed by atoms with E-state index in [1.807, 2.05) is 57.2 Å². The summed E-state index contributed by atoms with van der Waals surface area (Å²) in [5.74, 6) is 1.92. The van der Waals surface area contributed by atoms with Gasteiger partial charge >= 0.3 is 0 Å². The van der Waals surface area contributed by atoms with Crippen molar-refractivity contribution in [2.75, 3.05) is 92.2 Å². The minimum atomic E-state index is -0.362. The van der Waals surface area contributed by atoms with Crippen LogP contribution in [0.15, 0.2) is 91.9 Å². The number of hydrogen-bond acceptors (Lipinski definition) is 14. The number of ether oxygens (including phenoxy) is 2. The molecule has 1 saturated carbocycles. The predicted molar refractivity (Wildman–Crippen MR) is 273 cm³/mol. The Morgan fingerprint density at radius 1 is 0.884 bits per heavy atom. The molecular weight excluding hydrogens is 875 g/mol. The molecule has 3 amide bonds. The van der Waals surface area contributed by atoms with E-state index < -0.39 is 0 Å². The van der Waals surface area contributed by atoms with Crippen LogP contribution in [0.25, 0.3) is 22.2 Å². The Morgan fingerprint density at radius 2 is 1.62 bits per heavy atom. The van der Waals surface area contributed by atoms with Gasteiger partial charge in [-0.25, -0.2) is 15.0 Å². The van der Waals surface area contributed by atoms with Gasteiger partial charge in [-0.1, -0.05) is 44.5 Å². The van der Waals surface area contributed by atoms with E-state index in [0.717, 1.165) is 59.3 Å². The SMILES string of the molecule is C=CC(=O)Nc1cc(Nc2nccc(-c3cn(C)c4ccccc34)n2)c(OC)cc1N(C)CCN(C)CCNC(=O)c1ccc(Nc2ncc3c(n2)N(C2CCCC2)[C@H](CC)C(=O)N3C)c(OC)c1. The molecular formula is C51H61N13O5. The first-order chi connectivity index (χ1) is 33.4. The lowest BCUT2D eigenvalue weighted by molar-refractivity contribution is -0.120. The third-order valence-corrected chi connectivity index (χ3v) is 13.0. The number of nitrogens with zero attached hydrogens (tertiary/aromatic N) is 9. The summed E-state index contributed by atoms with van der Waals surface area (Å²) < 4.78 is 13.6. The third-order valence-electron chi connectivity index (χ3n) is 13.0. The molecule has 69 heavy (non-hydrogen) atoms. The number of para-hydroxylation sites is 1. The summed E-state index contributed by atoms with van der Waals surface area (Å²) >= 11 is 0. The zero-order chi connectivity index (χ0) is 48.8. The maximum atomic E-state index is 13.4. The molecule has 0 unspecified atom stereocenters. The summed E-state index contributed by atoms with van der Waals surface area (Å²) in [5.41, 5.74) is 6.40. The van der Waals surface area contributed by atoms with E-state index in [4.69, 9.17) is 19.4 Å². The van der Waals surface area contributed by atoms with Crippen molar-refractivity contribution >= 4 is 74.8 Å². The van der Waals surface area contributed by atoms with Crippen molar-refractivity contribution in [1.82, 2.24) is 34.7 Å². The van der Waals surface area contributed by atoms with Crippen LogP contribution in [0.2, 0.25) is 0 Å². The highest BCUT2D eigenvalue weighted by Crippen LogP contribution is 2.41. The first kappa shape index (κ1) is 47.8. The Labute approximate surface area is 402 Å². The number of nitrogens with one attached hydrogen (secondary N) is 4. The molecule has 3 aromatic heterocycles. The Balaban J connectivity index is 0.883. The van der Waals surface area contributed by atoms with Gasteiger partial charge < -0.3 is 54.9 Å². The number of anilines is 8. The maximum Gasteiger partial charge on any atom is 0.251 e. The lowest BCUT2D eigenvalue weighted by Crippen LogP contribution is -2.55. The van der Waals surface area contributed by atoms with Crippen molar-refractivity contribution in [2.24, 2.45) is 7.05 Å². The molecule has 1 fully saturated rings. The number of carbonyl (C=O) groups is 3. The van der Waals surface area contributed by atoms with Crippen molar-refractivity contribution in [3.05, 3.63) is 97.5 Å². The van der Waals surface area contributed by atoms with E-state index in [-0.39, 0.29) is 29.8 Å². The molecule has 1 atom stereocenters. The minimum Gasteiger partial charge on any atom is -0.495 e. The maximum absolute atomic E-state index is 13.4. The standard InChI is InChI=1S/C51H61N13O5/c1-9-40-49(67)63(6)43-30-54-51(59-47(43)64(40)33-15-11-12-16-33)57-37-20-19-32(27-44(37)68-7)48(66)52-23-24-60(3)25-26-61(4)42-29-45(69-8)39(28-38(42)55-46(65)10-2)58-50-53-22-21-36(56-50)35-31-62(5)41-18-14-13-17-34(35)41/h10,13-14,17-22,27-31,33,40H,2,9,11-12,15-16,23-26H2,1,3-8H3,(H,52,66)(H,55,65)(H,53,56,58)(H,54,57,59)/t40-/m1/s1. The number of methoxy groups -OCH3 is 2. The summed E-state index contributed by atoms with van der Waals surface area (Å²) in [6.45, 7) is 7.89. The van der Waals surface area contributed by atoms with Gasteiger partial charge in [0.15, 0.2) is 5.82 Å². The second-order valence-corrected chi connectivity index (χ2v) is 17.4. The van der Waals surface area contributed by atoms with Gasteiger partial charge in [-0.2, -0.15) is 4.98 Å². The number of aryl methyl sites for hydroxylation is 1. The van der Waals surface area contributed by atoms with Gasteiger partial charge in [0.25, 0.3) is 5.91 Å². The van der Waals surface area contributed by atoms with Crippen molar-refractivity contribution in [3.63, 3.8) is 0 Å². The van der Waals surface area contributed by atoms with Crippen LogP contribution in [0.1, 0.15) is 49.4 Å². The molecule has 2 aliphatic rings. The largest absolute Gasteiger partial charge is 0.495 e. The van der Waals surface area contributed by atoms with Gasteiger partial charge in [0, 0.05) is 93.9 Å². The summed E-state index contributed by atoms with van der Waals surface area (Å²) in [5, 5.41) is 13.7. The molecule has 3 aromatic carbocycles. The molecule has 1 aliphatic carbocycles. The van der Waals surface area contributed by atoms with Crippen molar-refractivity contribution < 1.29 is 23.9 Å². The Bertz CT molecular complexity index is 2860. The monoisotopic (exact) mass is 935 g/mol. The molecule has 18 heteroatoms. The normalized spacial score (nSPS) is 14.7. The van der Waals surface area contributed by atoms with E-state index in [0.29, 0.717) is 84.3 Å². The molecule has 6 aromatic rings. The fourth-order valence-electron chi connectivity index (χ4n) is 9.19. The zero-order valence-corrected chi connectivity index (χ0v) is 40.4. The van der Waals surface area contributed by atoms with Crippen LogP contribution >= 0.6 is 0 Å². The average molecular weight is 936 g/mol. The second kappa shape index (κ2) is 21.1. The lowest BCUT2D eigenvalue weighted by Gasteiger charge is -2.43. The minimum absolute atomic E-state index is 0.0580. The molecule has 4 N–H and O–H groups in total. The van der Waals surface area contributed by atoms with Gasteiger partial charge in [-0.05, 0) is 68.8 Å². The number of amides is 3. The number of carbonyl (C=O) groups excluding carboxylic acids is 3. The quantitative estimate of drug-likeness (QED) is 0.0591. The number of likely N-dealkylation sites (N-methyl/N-ethyl adjacent to an activating group) is 3. The van der Waals surface area contributed by atoms with E-state index in [1.165, 1.54) is 6.08 Å². The summed E-state index contributed by atoms with van der Waals surface area (Å²) in [6, 6.07) is 18.9. The van der Waals surface area contributed by atoms with Gasteiger partial charge in [0.05, 0.1) is 48.9 Å². The molecule has 8 rings (SSSR count). The van der Waals surface area contributed by atoms with Crippen molar-refractivity contribution in [3.8, 4) is 22.8 Å². The zero-order valence-electron chi connectivity index (χ0n) is 40.4. The Hall–Kier alpha value is -7.73. The van der Waals surface area contributed by atoms with Crippen LogP contribution in [0.4, 0.5) is 46.2 Å². The number of fused-ring (bicyclic) bond motifs is 2. The summed E-state index contributed by atoms with van der Waals surface area (Å²) in [6.07, 6.45) is 11.7. The Morgan fingerprint density at radius 3 is 2.38 bits per heavy atom. The molecule has 0 bridgehead atoms. The van der Waals surface area contributed by atoms with Crippen molar-refractivity contribution in [1.29, 1.82) is 0 Å². The number of hydrogen-bond donors (Lipinski definition) is 4. The first-order valence-electron chi connectivity index (χ1n) is 23.3. The van der Waals surface area contributed by atoms with Crippen LogP contribution in [0.3, 0.4) is 0 Å². The molecule has 360 valence electrons. The van der Waals surface area contributed by atoms with Crippen LogP contribution in [0, 0.1) is 0 Å². The van der Waals surface area contributed by atoms with Crippen LogP contribution in [-0.4, -0.2) is 121 Å². The van der Waals surface area contributed by atoms with E-state index >= 15 is 0 Å². The molecule has 4 heterocycles. The molecule has 0 spiro atoms. The number of aromatic nitrogens is 5. The molecule has 0 radical (unpaired) electrons. The fraction of sp³-hybridized carbons (Fsp3) is 0.353. The lowest BCUT2D eigenvalue weighted by atomic mass is 10.0. The van der Waals surface area contributed by atoms with Crippen LogP contribution in [-0.2, 0) is 16.6 Å². The number of rotatable bonds is 19. The van der Waals surface area contributed by atoms with E-state index in [1.54, 1.807) is 62.8 Å². The highest BCUT2D eigenvalue weighted by Gasteiger charge is 2.41. The average Bonchev–Trinajstić information content (AvgIpc) is 4.02. The van der Waals surface area contributed by atoms with Gasteiger partial charge in [-0.3, -0.25) is 14.4 Å². The molecule has 0 saturated heterocycles. The topological polar surface area (TPSA) is 187 Å². The van der Waals surface area contributed by atoms with E-state index in [9.17, 15) is 14.4 Å². The van der Waals surface area contributed by atoms with Gasteiger partial charge in [0.2, 0.25) is 23.7 Å². The Kier molecular flexibility index (Phi) is 14.6. The van der Waals surface area contributed by atoms with Crippen molar-refractivity contribution in [2.45, 2.75) is 51.1 Å². The third kappa shape index (κ3) is 10.3. The number of benzene rings is 3. The summed E-state index contributed by atoms with van der Waals surface area (Å²) in [7, 11) is 10.9. The van der Waals surface area contributed by atoms with E-state index in [2.05, 4.69) is 70.5 Å². The molecule has 18 nitrogen and oxygen atoms in total. The highest BCUT2D eigenvalue weighted by atomic mass is 16.5. The summed E-state index contributed by atoms with van der Waals surface area (Å²) in [4.78, 5) is 66.3. The fourth-order valence-corrected chi connectivity index (χ4v) is 9.19. The highest BCUT2D eigenvalue weighted by molar-refractivity contribution is 6.05. The van der Waals surface area contributed by atoms with Crippen LogP contribution < -0.4 is 45.4 Å². The van der Waals surface area contributed by atoms with Gasteiger partial charge in [0.1, 0.15) is 23.2 Å². The second-order valence-electron chi connectivity index (χ2n) is 17.4. The van der Waals surface area contributed by atoms with Crippen LogP contribution in [0.5, 0.6) is 11.5 Å². The smallest absolute Gasteiger partial charge is 0.251 e. The molecule has 1 aliphatic heterocycles. The predicted octanol–water partition coefficient (Wildman–Crippen LogP) is 7.36. The first-order valence-corrected chi connectivity index (χ1v) is 23.3. The van der Waals surface area contributed by atoms with Gasteiger partial charge in [-0.15, -0.1) is 0 Å².